The van der Waals surface area contributed by atoms with Gasteiger partial charge in [0.05, 0.1) is 5.02 Å². The normalized spacial score (nSPS) is 12.9. The van der Waals surface area contributed by atoms with E-state index in [0.29, 0.717) is 16.6 Å². The summed E-state index contributed by atoms with van der Waals surface area (Å²) in [5.41, 5.74) is 6.05. The Morgan fingerprint density at radius 2 is 2.21 bits per heavy atom. The minimum Gasteiger partial charge on any atom is -0.330 e. The number of hydrogen-bond acceptors (Lipinski definition) is 1. The first-order valence-electron chi connectivity index (χ1n) is 4.41. The molecule has 0 heterocycles. The molecule has 0 saturated carbocycles. The van der Waals surface area contributed by atoms with Crippen molar-refractivity contribution >= 4 is 27.5 Å². The number of rotatable bonds is 3. The first-order valence-corrected chi connectivity index (χ1v) is 5.58. The van der Waals surface area contributed by atoms with E-state index in [1.54, 1.807) is 12.1 Å². The zero-order valence-electron chi connectivity index (χ0n) is 7.86. The van der Waals surface area contributed by atoms with Gasteiger partial charge in [-0.25, -0.2) is 4.39 Å². The van der Waals surface area contributed by atoms with Crippen LogP contribution in [0, 0.1) is 5.82 Å². The largest absolute Gasteiger partial charge is 0.330 e. The van der Waals surface area contributed by atoms with E-state index >= 15 is 0 Å². The summed E-state index contributed by atoms with van der Waals surface area (Å²) >= 11 is 8.95. The average Bonchev–Trinajstić information content (AvgIpc) is 2.15. The number of benzene rings is 1. The number of hydrogen-bond donors (Lipinski definition) is 1. The van der Waals surface area contributed by atoms with E-state index in [1.807, 2.05) is 6.92 Å². The van der Waals surface area contributed by atoms with E-state index in [-0.39, 0.29) is 16.8 Å². The van der Waals surface area contributed by atoms with Gasteiger partial charge < -0.3 is 5.73 Å². The van der Waals surface area contributed by atoms with Crippen LogP contribution in [-0.4, -0.2) is 6.54 Å². The van der Waals surface area contributed by atoms with Gasteiger partial charge in [0.1, 0.15) is 5.82 Å². The fraction of sp³-hybridized carbons (Fsp3) is 0.400. The van der Waals surface area contributed by atoms with Crippen molar-refractivity contribution in [2.24, 2.45) is 5.73 Å². The molecule has 1 aromatic rings. The molecule has 78 valence electrons. The minimum atomic E-state index is -0.345. The highest BCUT2D eigenvalue weighted by molar-refractivity contribution is 9.10. The maximum absolute atomic E-state index is 13.6. The van der Waals surface area contributed by atoms with E-state index < -0.39 is 0 Å². The summed E-state index contributed by atoms with van der Waals surface area (Å²) < 4.78 is 14.2. The predicted octanol–water partition coefficient (Wildman–Crippen LogP) is 3.69. The van der Waals surface area contributed by atoms with Crippen molar-refractivity contribution in [2.75, 3.05) is 6.54 Å². The monoisotopic (exact) mass is 279 g/mol. The number of halogens is 3. The maximum atomic E-state index is 13.6. The molecular weight excluding hydrogens is 268 g/mol. The van der Waals surface area contributed by atoms with E-state index in [0.717, 1.165) is 6.42 Å². The van der Waals surface area contributed by atoms with E-state index in [9.17, 15) is 4.39 Å². The van der Waals surface area contributed by atoms with Crippen molar-refractivity contribution in [3.63, 3.8) is 0 Å². The molecule has 1 aromatic carbocycles. The first-order chi connectivity index (χ1) is 6.57. The van der Waals surface area contributed by atoms with E-state index in [2.05, 4.69) is 15.9 Å². The Morgan fingerprint density at radius 3 is 2.79 bits per heavy atom. The zero-order chi connectivity index (χ0) is 10.7. The molecule has 0 aliphatic rings. The quantitative estimate of drug-likeness (QED) is 0.840. The molecule has 0 saturated heterocycles. The van der Waals surface area contributed by atoms with Gasteiger partial charge in [0, 0.05) is 4.47 Å². The van der Waals surface area contributed by atoms with Gasteiger partial charge in [-0.15, -0.1) is 0 Å². The first kappa shape index (κ1) is 12.0. The highest BCUT2D eigenvalue weighted by Gasteiger charge is 2.14. The molecule has 0 bridgehead atoms. The smallest absolute Gasteiger partial charge is 0.146 e. The zero-order valence-corrected chi connectivity index (χ0v) is 10.2. The summed E-state index contributed by atoms with van der Waals surface area (Å²) in [5, 5.41) is 0.145. The summed E-state index contributed by atoms with van der Waals surface area (Å²) in [6.07, 6.45) is 0.759. The second-order valence-corrected chi connectivity index (χ2v) is 4.48. The van der Waals surface area contributed by atoms with Gasteiger partial charge >= 0.3 is 0 Å². The van der Waals surface area contributed by atoms with Crippen LogP contribution in [0.3, 0.4) is 0 Å². The summed E-state index contributed by atoms with van der Waals surface area (Å²) in [6.45, 7) is 2.49. The molecule has 0 radical (unpaired) electrons. The van der Waals surface area contributed by atoms with Crippen LogP contribution in [0.4, 0.5) is 4.39 Å². The lowest BCUT2D eigenvalue weighted by molar-refractivity contribution is 0.576. The molecule has 0 spiro atoms. The Labute approximate surface area is 96.6 Å². The van der Waals surface area contributed by atoms with E-state index in [4.69, 9.17) is 17.3 Å². The van der Waals surface area contributed by atoms with Crippen LogP contribution in [-0.2, 0) is 0 Å². The van der Waals surface area contributed by atoms with E-state index in [1.165, 1.54) is 0 Å². The molecule has 1 unspecified atom stereocenters. The molecule has 4 heteroatoms. The Morgan fingerprint density at radius 1 is 1.57 bits per heavy atom. The van der Waals surface area contributed by atoms with Crippen LogP contribution in [0.25, 0.3) is 0 Å². The van der Waals surface area contributed by atoms with Crippen LogP contribution in [0.5, 0.6) is 0 Å². The van der Waals surface area contributed by atoms with Crippen molar-refractivity contribution in [2.45, 2.75) is 19.3 Å². The van der Waals surface area contributed by atoms with Crippen molar-refractivity contribution in [1.82, 2.24) is 0 Å². The lowest BCUT2D eigenvalue weighted by Gasteiger charge is -2.12. The van der Waals surface area contributed by atoms with Crippen molar-refractivity contribution in [3.05, 3.63) is 33.0 Å². The third kappa shape index (κ3) is 2.47. The average molecular weight is 281 g/mol. The van der Waals surface area contributed by atoms with Crippen molar-refractivity contribution in [3.8, 4) is 0 Å². The third-order valence-corrected chi connectivity index (χ3v) is 3.45. The Hall–Kier alpha value is -0.120. The summed E-state index contributed by atoms with van der Waals surface area (Å²) in [7, 11) is 0. The fourth-order valence-corrected chi connectivity index (χ4v) is 1.81. The lowest BCUT2D eigenvalue weighted by Crippen LogP contribution is -2.06. The molecule has 1 nitrogen and oxygen atoms in total. The maximum Gasteiger partial charge on any atom is 0.146 e. The van der Waals surface area contributed by atoms with Gasteiger partial charge in [-0.05, 0) is 46.4 Å². The van der Waals surface area contributed by atoms with Crippen LogP contribution in [0.1, 0.15) is 24.8 Å². The van der Waals surface area contributed by atoms with Gasteiger partial charge in [-0.3, -0.25) is 0 Å². The lowest BCUT2D eigenvalue weighted by atomic mass is 9.97. The van der Waals surface area contributed by atoms with Gasteiger partial charge in [-0.2, -0.15) is 0 Å². The third-order valence-electron chi connectivity index (χ3n) is 2.20. The molecule has 0 fully saturated rings. The second-order valence-electron chi connectivity index (χ2n) is 3.24. The molecule has 2 N–H and O–H groups in total. The van der Waals surface area contributed by atoms with Crippen LogP contribution in [0.15, 0.2) is 16.6 Å². The molecular formula is C10H12BrClFN. The van der Waals surface area contributed by atoms with Gasteiger partial charge in [0.2, 0.25) is 0 Å². The number of nitrogens with two attached hydrogens (primary N) is 1. The molecule has 1 rings (SSSR count). The van der Waals surface area contributed by atoms with Crippen molar-refractivity contribution in [1.29, 1.82) is 0 Å². The van der Waals surface area contributed by atoms with Crippen LogP contribution < -0.4 is 5.73 Å². The molecule has 0 aromatic heterocycles. The van der Waals surface area contributed by atoms with Crippen LogP contribution >= 0.6 is 27.5 Å². The Kier molecular flexibility index (Phi) is 4.35. The SMILES string of the molecule is CC(CCN)c1ccc(Br)c(Cl)c1F. The molecule has 0 amide bonds. The van der Waals surface area contributed by atoms with Gasteiger partial charge in [0.25, 0.3) is 0 Å². The summed E-state index contributed by atoms with van der Waals surface area (Å²) in [4.78, 5) is 0. The summed E-state index contributed by atoms with van der Waals surface area (Å²) in [5.74, 6) is -0.243. The van der Waals surface area contributed by atoms with Crippen LogP contribution in [0.2, 0.25) is 5.02 Å². The summed E-state index contributed by atoms with van der Waals surface area (Å²) in [6, 6.07) is 3.50. The molecule has 0 aliphatic heterocycles. The second kappa shape index (κ2) is 5.10. The van der Waals surface area contributed by atoms with Crippen molar-refractivity contribution < 1.29 is 4.39 Å². The standard InChI is InChI=1S/C10H12BrClFN/c1-6(4-5-14)7-2-3-8(11)9(12)10(7)13/h2-3,6H,4-5,14H2,1H3. The molecule has 14 heavy (non-hydrogen) atoms. The highest BCUT2D eigenvalue weighted by Crippen LogP contribution is 2.31. The van der Waals surface area contributed by atoms with Gasteiger partial charge in [-0.1, -0.05) is 24.6 Å². The molecule has 0 aliphatic carbocycles. The Bertz CT molecular complexity index is 330. The Balaban J connectivity index is 3.04. The predicted molar refractivity (Wildman–Crippen MR) is 61.2 cm³/mol. The topological polar surface area (TPSA) is 26.0 Å². The highest BCUT2D eigenvalue weighted by atomic mass is 79.9. The molecule has 1 atom stereocenters. The minimum absolute atomic E-state index is 0.102. The fourth-order valence-electron chi connectivity index (χ4n) is 1.33. The van der Waals surface area contributed by atoms with Gasteiger partial charge in [0.15, 0.2) is 0 Å².